The van der Waals surface area contributed by atoms with Gasteiger partial charge in [0.2, 0.25) is 0 Å². The van der Waals surface area contributed by atoms with Gasteiger partial charge in [0.05, 0.1) is 0 Å². The summed E-state index contributed by atoms with van der Waals surface area (Å²) in [7, 11) is 0. The lowest BCUT2D eigenvalue weighted by Gasteiger charge is -2.08. The Labute approximate surface area is 81.9 Å². The van der Waals surface area contributed by atoms with Gasteiger partial charge in [0.25, 0.3) is 0 Å². The second kappa shape index (κ2) is 4.18. The molecule has 0 saturated carbocycles. The number of hydrogen-bond donors (Lipinski definition) is 2. The highest BCUT2D eigenvalue weighted by molar-refractivity contribution is 7.80. The molecule has 4 heteroatoms. The van der Waals surface area contributed by atoms with Crippen molar-refractivity contribution in [2.75, 3.05) is 11.9 Å². The van der Waals surface area contributed by atoms with Gasteiger partial charge in [-0.25, -0.2) is 4.39 Å². The molecule has 1 aromatic rings. The number of halogens is 1. The quantitative estimate of drug-likeness (QED) is 0.728. The van der Waals surface area contributed by atoms with E-state index in [2.05, 4.69) is 5.32 Å². The minimum atomic E-state index is -0.329. The van der Waals surface area contributed by atoms with E-state index in [-0.39, 0.29) is 10.8 Å². The van der Waals surface area contributed by atoms with E-state index in [1.165, 1.54) is 12.1 Å². The molecule has 0 amide bonds. The van der Waals surface area contributed by atoms with Crippen LogP contribution in [0.25, 0.3) is 0 Å². The van der Waals surface area contributed by atoms with E-state index in [4.69, 9.17) is 18.0 Å². The zero-order valence-corrected chi connectivity index (χ0v) is 8.12. The maximum Gasteiger partial charge on any atom is 0.124 e. The molecular formula is C9H11FN2S. The van der Waals surface area contributed by atoms with Crippen LogP contribution in [0.15, 0.2) is 18.2 Å². The van der Waals surface area contributed by atoms with Gasteiger partial charge in [-0.05, 0) is 25.1 Å². The standard InChI is InChI=1S/C9H11FN2S/c1-2-12-8-4-3-6(10)5-7(8)9(11)13/h3-5,12H,2H2,1H3,(H2,11,13). The number of rotatable bonds is 3. The van der Waals surface area contributed by atoms with Gasteiger partial charge in [-0.15, -0.1) is 0 Å². The topological polar surface area (TPSA) is 38.0 Å². The van der Waals surface area contributed by atoms with Crippen LogP contribution in [0.4, 0.5) is 10.1 Å². The minimum absolute atomic E-state index is 0.204. The van der Waals surface area contributed by atoms with Crippen LogP contribution in [0.2, 0.25) is 0 Å². The molecule has 0 spiro atoms. The van der Waals surface area contributed by atoms with Crippen molar-refractivity contribution < 1.29 is 4.39 Å². The molecule has 70 valence electrons. The predicted octanol–water partition coefficient (Wildman–Crippen LogP) is 1.89. The fourth-order valence-electron chi connectivity index (χ4n) is 1.06. The predicted molar refractivity (Wildman–Crippen MR) is 56.5 cm³/mol. The number of anilines is 1. The summed E-state index contributed by atoms with van der Waals surface area (Å²) in [5.74, 6) is -0.329. The normalized spacial score (nSPS) is 9.69. The molecule has 1 rings (SSSR count). The summed E-state index contributed by atoms with van der Waals surface area (Å²) >= 11 is 4.79. The summed E-state index contributed by atoms with van der Waals surface area (Å²) in [4.78, 5) is 0.204. The van der Waals surface area contributed by atoms with Crippen molar-refractivity contribution in [3.63, 3.8) is 0 Å². The Balaban J connectivity index is 3.10. The van der Waals surface area contributed by atoms with Crippen molar-refractivity contribution in [2.24, 2.45) is 5.73 Å². The molecule has 0 radical (unpaired) electrons. The summed E-state index contributed by atoms with van der Waals surface area (Å²) in [5, 5.41) is 3.05. The van der Waals surface area contributed by atoms with E-state index in [1.807, 2.05) is 6.92 Å². The first-order valence-electron chi connectivity index (χ1n) is 3.98. The molecule has 0 bridgehead atoms. The summed E-state index contributed by atoms with van der Waals surface area (Å²) in [5.41, 5.74) is 6.77. The summed E-state index contributed by atoms with van der Waals surface area (Å²) in [6.07, 6.45) is 0. The third-order valence-electron chi connectivity index (χ3n) is 1.61. The lowest BCUT2D eigenvalue weighted by Crippen LogP contribution is -2.13. The number of benzene rings is 1. The van der Waals surface area contributed by atoms with Gasteiger partial charge >= 0.3 is 0 Å². The summed E-state index contributed by atoms with van der Waals surface area (Å²) in [6, 6.07) is 4.34. The Morgan fingerprint density at radius 2 is 2.31 bits per heavy atom. The first-order valence-corrected chi connectivity index (χ1v) is 4.39. The van der Waals surface area contributed by atoms with Crippen LogP contribution < -0.4 is 11.1 Å². The molecule has 0 saturated heterocycles. The van der Waals surface area contributed by atoms with E-state index >= 15 is 0 Å². The van der Waals surface area contributed by atoms with Crippen molar-refractivity contribution in [3.05, 3.63) is 29.6 Å². The molecule has 1 aromatic carbocycles. The van der Waals surface area contributed by atoms with Crippen LogP contribution in [0.3, 0.4) is 0 Å². The maximum absolute atomic E-state index is 12.8. The lowest BCUT2D eigenvalue weighted by molar-refractivity contribution is 0.627. The molecule has 0 unspecified atom stereocenters. The fraction of sp³-hybridized carbons (Fsp3) is 0.222. The van der Waals surface area contributed by atoms with Crippen LogP contribution in [0.5, 0.6) is 0 Å². The molecule has 2 nitrogen and oxygen atoms in total. The fourth-order valence-corrected chi connectivity index (χ4v) is 1.23. The molecular weight excluding hydrogens is 187 g/mol. The van der Waals surface area contributed by atoms with E-state index < -0.39 is 0 Å². The monoisotopic (exact) mass is 198 g/mol. The highest BCUT2D eigenvalue weighted by Gasteiger charge is 2.05. The molecule has 0 aliphatic carbocycles. The Bertz CT molecular complexity index is 325. The molecule has 0 fully saturated rings. The molecule has 0 aromatic heterocycles. The second-order valence-corrected chi connectivity index (χ2v) is 3.02. The van der Waals surface area contributed by atoms with Gasteiger partial charge < -0.3 is 11.1 Å². The second-order valence-electron chi connectivity index (χ2n) is 2.58. The zero-order chi connectivity index (χ0) is 9.84. The average Bonchev–Trinajstić information content (AvgIpc) is 2.08. The van der Waals surface area contributed by atoms with Crippen molar-refractivity contribution in [3.8, 4) is 0 Å². The van der Waals surface area contributed by atoms with E-state index in [0.717, 1.165) is 12.2 Å². The maximum atomic E-state index is 12.8. The molecule has 0 aliphatic rings. The Morgan fingerprint density at radius 1 is 1.62 bits per heavy atom. The van der Waals surface area contributed by atoms with Crippen LogP contribution in [0.1, 0.15) is 12.5 Å². The van der Waals surface area contributed by atoms with Crippen molar-refractivity contribution in [1.29, 1.82) is 0 Å². The van der Waals surface area contributed by atoms with Crippen molar-refractivity contribution in [2.45, 2.75) is 6.92 Å². The highest BCUT2D eigenvalue weighted by Crippen LogP contribution is 2.16. The number of nitrogens with one attached hydrogen (secondary N) is 1. The third-order valence-corrected chi connectivity index (χ3v) is 1.83. The minimum Gasteiger partial charge on any atom is -0.389 e. The van der Waals surface area contributed by atoms with Crippen LogP contribution in [-0.2, 0) is 0 Å². The van der Waals surface area contributed by atoms with Gasteiger partial charge in [0, 0.05) is 17.8 Å². The molecule has 3 N–H and O–H groups in total. The van der Waals surface area contributed by atoms with Crippen molar-refractivity contribution >= 4 is 22.9 Å². The highest BCUT2D eigenvalue weighted by atomic mass is 32.1. The largest absolute Gasteiger partial charge is 0.389 e. The van der Waals surface area contributed by atoms with Crippen LogP contribution >= 0.6 is 12.2 Å². The first-order chi connectivity index (χ1) is 6.15. The van der Waals surface area contributed by atoms with Gasteiger partial charge in [0.1, 0.15) is 10.8 Å². The van der Waals surface area contributed by atoms with Crippen LogP contribution in [-0.4, -0.2) is 11.5 Å². The number of thiocarbonyl (C=S) groups is 1. The first kappa shape index (κ1) is 9.92. The summed E-state index contributed by atoms with van der Waals surface area (Å²) < 4.78 is 12.8. The Morgan fingerprint density at radius 3 is 2.85 bits per heavy atom. The average molecular weight is 198 g/mol. The molecule has 0 heterocycles. The lowest BCUT2D eigenvalue weighted by atomic mass is 10.1. The van der Waals surface area contributed by atoms with Gasteiger partial charge in [-0.3, -0.25) is 0 Å². The van der Waals surface area contributed by atoms with Gasteiger partial charge in [-0.1, -0.05) is 12.2 Å². The third kappa shape index (κ3) is 2.39. The SMILES string of the molecule is CCNc1ccc(F)cc1C(N)=S. The molecule has 0 aliphatic heterocycles. The molecule has 13 heavy (non-hydrogen) atoms. The van der Waals surface area contributed by atoms with Gasteiger partial charge in [-0.2, -0.15) is 0 Å². The van der Waals surface area contributed by atoms with Crippen molar-refractivity contribution in [1.82, 2.24) is 0 Å². The zero-order valence-electron chi connectivity index (χ0n) is 7.30. The van der Waals surface area contributed by atoms with Gasteiger partial charge in [0.15, 0.2) is 0 Å². The smallest absolute Gasteiger partial charge is 0.124 e. The van der Waals surface area contributed by atoms with E-state index in [9.17, 15) is 4.39 Å². The Hall–Kier alpha value is -1.16. The summed E-state index contributed by atoms with van der Waals surface area (Å²) in [6.45, 7) is 2.70. The Kier molecular flexibility index (Phi) is 3.19. The van der Waals surface area contributed by atoms with E-state index in [0.29, 0.717) is 5.56 Å². The van der Waals surface area contributed by atoms with Crippen LogP contribution in [0, 0.1) is 5.82 Å². The van der Waals surface area contributed by atoms with E-state index in [1.54, 1.807) is 6.07 Å². The number of hydrogen-bond acceptors (Lipinski definition) is 2. The number of nitrogens with two attached hydrogens (primary N) is 1. The molecule has 0 atom stereocenters.